The average Bonchev–Trinajstić information content (AvgIpc) is 2.66. The van der Waals surface area contributed by atoms with Gasteiger partial charge in [-0.25, -0.2) is 0 Å². The maximum Gasteiger partial charge on any atom is 0.272 e. The van der Waals surface area contributed by atoms with Gasteiger partial charge < -0.3 is 9.38 Å². The Balaban J connectivity index is 2.66. The number of nitrogens with zero attached hydrogens (tertiary/aromatic N) is 1. The Morgan fingerprint density at radius 1 is 1.20 bits per heavy atom. The van der Waals surface area contributed by atoms with Gasteiger partial charge >= 0.3 is 0 Å². The summed E-state index contributed by atoms with van der Waals surface area (Å²) in [5.74, 6) is 0. The fourth-order valence-electron chi connectivity index (χ4n) is 1.78. The minimum Gasteiger partial charge on any atom is -0.319 e. The summed E-state index contributed by atoms with van der Waals surface area (Å²) in [6, 6.07) is 9.07. The monoisotopic (exact) mass is 218 g/mol. The molecule has 0 amide bonds. The van der Waals surface area contributed by atoms with Crippen LogP contribution in [0, 0.1) is 0 Å². The van der Waals surface area contributed by atoms with Gasteiger partial charge in [0.2, 0.25) is 0 Å². The van der Waals surface area contributed by atoms with Crippen LogP contribution in [0.3, 0.4) is 0 Å². The summed E-state index contributed by atoms with van der Waals surface area (Å²) < 4.78 is 1.85. The lowest BCUT2D eigenvalue weighted by Crippen LogP contribution is -2.09. The van der Waals surface area contributed by atoms with Crippen LogP contribution in [0.4, 0.5) is 0 Å². The Kier molecular flexibility index (Phi) is 1.64. The van der Waals surface area contributed by atoms with Crippen LogP contribution in [0.5, 0.6) is 0 Å². The molecular formula is C11H7ClN2O. The standard InChI is InChI=1S/C11H7ClN2O/c12-7-3-4-9-8(6-7)13-11(15)10-2-1-5-14(9)10/h1-6H,(H,13,15). The fourth-order valence-corrected chi connectivity index (χ4v) is 1.95. The maximum absolute atomic E-state index is 11.6. The van der Waals surface area contributed by atoms with E-state index < -0.39 is 0 Å². The highest BCUT2D eigenvalue weighted by atomic mass is 35.5. The van der Waals surface area contributed by atoms with E-state index in [1.165, 1.54) is 0 Å². The van der Waals surface area contributed by atoms with E-state index in [4.69, 9.17) is 11.6 Å². The van der Waals surface area contributed by atoms with Gasteiger partial charge in [0.05, 0.1) is 11.0 Å². The highest BCUT2D eigenvalue weighted by Gasteiger charge is 2.03. The minimum atomic E-state index is -0.102. The van der Waals surface area contributed by atoms with Gasteiger partial charge in [-0.05, 0) is 30.3 Å². The first-order valence-electron chi connectivity index (χ1n) is 4.54. The number of nitrogens with one attached hydrogen (secondary N) is 1. The van der Waals surface area contributed by atoms with Gasteiger partial charge in [-0.1, -0.05) is 11.6 Å². The van der Waals surface area contributed by atoms with Gasteiger partial charge in [0, 0.05) is 11.2 Å². The molecule has 0 aliphatic carbocycles. The Bertz CT molecular complexity index is 711. The van der Waals surface area contributed by atoms with Gasteiger partial charge in [0.25, 0.3) is 5.56 Å². The van der Waals surface area contributed by atoms with Gasteiger partial charge in [-0.2, -0.15) is 0 Å². The molecule has 0 aliphatic rings. The van der Waals surface area contributed by atoms with E-state index in [0.29, 0.717) is 10.5 Å². The molecule has 0 radical (unpaired) electrons. The first-order valence-corrected chi connectivity index (χ1v) is 4.92. The molecule has 0 bridgehead atoms. The number of hydrogen-bond donors (Lipinski definition) is 1. The van der Waals surface area contributed by atoms with Crippen LogP contribution in [-0.4, -0.2) is 9.38 Å². The molecule has 0 spiro atoms. The summed E-state index contributed by atoms with van der Waals surface area (Å²) in [5.41, 5.74) is 2.23. The largest absolute Gasteiger partial charge is 0.319 e. The zero-order valence-electron chi connectivity index (χ0n) is 7.70. The molecule has 1 N–H and O–H groups in total. The third kappa shape index (κ3) is 1.17. The van der Waals surface area contributed by atoms with E-state index >= 15 is 0 Å². The molecule has 0 atom stereocenters. The Morgan fingerprint density at radius 2 is 2.07 bits per heavy atom. The molecule has 2 aromatic heterocycles. The molecule has 0 fully saturated rings. The van der Waals surface area contributed by atoms with Crippen molar-refractivity contribution in [1.29, 1.82) is 0 Å². The number of H-pyrrole nitrogens is 1. The first-order chi connectivity index (χ1) is 7.25. The van der Waals surface area contributed by atoms with E-state index in [0.717, 1.165) is 11.0 Å². The lowest BCUT2D eigenvalue weighted by atomic mass is 10.3. The van der Waals surface area contributed by atoms with Crippen molar-refractivity contribution in [3.05, 3.63) is 51.9 Å². The molecule has 3 rings (SSSR count). The molecule has 74 valence electrons. The average molecular weight is 219 g/mol. The highest BCUT2D eigenvalue weighted by Crippen LogP contribution is 2.17. The van der Waals surface area contributed by atoms with Crippen molar-refractivity contribution >= 4 is 28.2 Å². The van der Waals surface area contributed by atoms with Crippen molar-refractivity contribution in [2.75, 3.05) is 0 Å². The first kappa shape index (κ1) is 8.56. The molecule has 2 heterocycles. The Hall–Kier alpha value is -1.74. The Labute approximate surface area is 89.9 Å². The number of hydrogen-bond acceptors (Lipinski definition) is 1. The van der Waals surface area contributed by atoms with Crippen molar-refractivity contribution < 1.29 is 0 Å². The van der Waals surface area contributed by atoms with Crippen molar-refractivity contribution in [2.45, 2.75) is 0 Å². The van der Waals surface area contributed by atoms with E-state index in [9.17, 15) is 4.79 Å². The molecule has 15 heavy (non-hydrogen) atoms. The fraction of sp³-hybridized carbons (Fsp3) is 0. The molecule has 0 unspecified atom stereocenters. The molecular weight excluding hydrogens is 212 g/mol. The molecule has 1 aromatic carbocycles. The van der Waals surface area contributed by atoms with Crippen LogP contribution in [-0.2, 0) is 0 Å². The smallest absolute Gasteiger partial charge is 0.272 e. The maximum atomic E-state index is 11.6. The van der Waals surface area contributed by atoms with Gasteiger partial charge in [-0.3, -0.25) is 4.79 Å². The molecule has 0 saturated heterocycles. The second-order valence-electron chi connectivity index (χ2n) is 3.38. The van der Waals surface area contributed by atoms with Crippen molar-refractivity contribution in [2.24, 2.45) is 0 Å². The summed E-state index contributed by atoms with van der Waals surface area (Å²) in [4.78, 5) is 14.4. The minimum absolute atomic E-state index is 0.102. The van der Waals surface area contributed by atoms with Crippen molar-refractivity contribution in [3.63, 3.8) is 0 Å². The number of halogens is 1. The highest BCUT2D eigenvalue weighted by molar-refractivity contribution is 6.31. The van der Waals surface area contributed by atoms with Crippen LogP contribution >= 0.6 is 11.6 Å². The second-order valence-corrected chi connectivity index (χ2v) is 3.82. The lowest BCUT2D eigenvalue weighted by Gasteiger charge is -2.02. The van der Waals surface area contributed by atoms with Crippen LogP contribution in [0.15, 0.2) is 41.3 Å². The summed E-state index contributed by atoms with van der Waals surface area (Å²) >= 11 is 5.86. The zero-order chi connectivity index (χ0) is 10.4. The number of rotatable bonds is 0. The predicted octanol–water partition coefficient (Wildman–Crippen LogP) is 2.43. The summed E-state index contributed by atoms with van der Waals surface area (Å²) in [6.45, 7) is 0. The van der Waals surface area contributed by atoms with E-state index in [1.54, 1.807) is 12.1 Å². The molecule has 4 heteroatoms. The molecule has 0 aliphatic heterocycles. The predicted molar refractivity (Wildman–Crippen MR) is 60.5 cm³/mol. The van der Waals surface area contributed by atoms with Crippen molar-refractivity contribution in [1.82, 2.24) is 9.38 Å². The SMILES string of the molecule is O=c1[nH]c2cc(Cl)ccc2n2cccc12. The molecule has 3 nitrogen and oxygen atoms in total. The van der Waals surface area contributed by atoms with Crippen LogP contribution in [0.1, 0.15) is 0 Å². The van der Waals surface area contributed by atoms with Crippen LogP contribution in [0.2, 0.25) is 5.02 Å². The second kappa shape index (κ2) is 2.87. The number of aromatic amines is 1. The number of benzene rings is 1. The van der Waals surface area contributed by atoms with Gasteiger partial charge in [0.15, 0.2) is 0 Å². The van der Waals surface area contributed by atoms with E-state index in [2.05, 4.69) is 4.98 Å². The summed E-state index contributed by atoms with van der Waals surface area (Å²) in [6.07, 6.45) is 1.86. The molecule has 0 saturated carbocycles. The van der Waals surface area contributed by atoms with Crippen LogP contribution in [0.25, 0.3) is 16.6 Å². The quantitative estimate of drug-likeness (QED) is 0.618. The zero-order valence-corrected chi connectivity index (χ0v) is 8.45. The van der Waals surface area contributed by atoms with Crippen LogP contribution < -0.4 is 5.56 Å². The lowest BCUT2D eigenvalue weighted by molar-refractivity contribution is 1.19. The number of fused-ring (bicyclic) bond motifs is 3. The normalized spacial score (nSPS) is 11.3. The van der Waals surface area contributed by atoms with E-state index in [1.807, 2.05) is 28.8 Å². The Morgan fingerprint density at radius 3 is 2.93 bits per heavy atom. The topological polar surface area (TPSA) is 37.3 Å². The molecule has 3 aromatic rings. The third-order valence-electron chi connectivity index (χ3n) is 2.45. The van der Waals surface area contributed by atoms with E-state index in [-0.39, 0.29) is 5.56 Å². The van der Waals surface area contributed by atoms with Gasteiger partial charge in [0.1, 0.15) is 5.52 Å². The number of aromatic nitrogens is 2. The van der Waals surface area contributed by atoms with Gasteiger partial charge in [-0.15, -0.1) is 0 Å². The summed E-state index contributed by atoms with van der Waals surface area (Å²) in [7, 11) is 0. The summed E-state index contributed by atoms with van der Waals surface area (Å²) in [5, 5.41) is 0.615. The van der Waals surface area contributed by atoms with Crippen molar-refractivity contribution in [3.8, 4) is 0 Å². The third-order valence-corrected chi connectivity index (χ3v) is 2.68.